The van der Waals surface area contributed by atoms with Crippen LogP contribution in [0.5, 0.6) is 0 Å². The van der Waals surface area contributed by atoms with E-state index in [1.807, 2.05) is 6.07 Å². The van der Waals surface area contributed by atoms with E-state index >= 15 is 0 Å². The standard InChI is InChI=1S/C14H10N2O4S/c15-9-11-4-1-2-7-13(11)16-21(19,20)12-6-3-5-10(8-12)14(17)18/h1-8,16H,(H,17,18)/p-1. The van der Waals surface area contributed by atoms with E-state index in [0.29, 0.717) is 0 Å². The summed E-state index contributed by atoms with van der Waals surface area (Å²) in [5.41, 5.74) is 0.0439. The number of hydrogen-bond donors (Lipinski definition) is 1. The van der Waals surface area contributed by atoms with Gasteiger partial charge >= 0.3 is 0 Å². The number of carboxylic acids is 1. The minimum absolute atomic E-state index is 0.124. The van der Waals surface area contributed by atoms with E-state index < -0.39 is 16.0 Å². The van der Waals surface area contributed by atoms with Crippen LogP contribution < -0.4 is 9.83 Å². The Bertz CT molecular complexity index is 838. The second-order valence-corrected chi connectivity index (χ2v) is 5.76. The van der Waals surface area contributed by atoms with Crippen LogP contribution in [-0.2, 0) is 10.0 Å². The highest BCUT2D eigenvalue weighted by atomic mass is 32.2. The number of aromatic carboxylic acids is 1. The zero-order valence-electron chi connectivity index (χ0n) is 10.6. The Hall–Kier alpha value is -2.85. The van der Waals surface area contributed by atoms with Crippen LogP contribution in [0, 0.1) is 11.3 Å². The van der Waals surface area contributed by atoms with Gasteiger partial charge in [0.15, 0.2) is 0 Å². The van der Waals surface area contributed by atoms with E-state index in [-0.39, 0.29) is 21.7 Å². The number of sulfonamides is 1. The summed E-state index contributed by atoms with van der Waals surface area (Å²) in [6, 6.07) is 12.7. The third kappa shape index (κ3) is 3.19. The van der Waals surface area contributed by atoms with E-state index in [1.165, 1.54) is 30.3 Å². The van der Waals surface area contributed by atoms with Gasteiger partial charge in [0, 0.05) is 0 Å². The molecule has 0 radical (unpaired) electrons. The molecule has 0 saturated heterocycles. The summed E-state index contributed by atoms with van der Waals surface area (Å²) in [6.07, 6.45) is 0. The van der Waals surface area contributed by atoms with Crippen molar-refractivity contribution in [1.82, 2.24) is 0 Å². The van der Waals surface area contributed by atoms with Crippen molar-refractivity contribution in [3.05, 3.63) is 59.7 Å². The van der Waals surface area contributed by atoms with E-state index in [1.54, 1.807) is 12.1 Å². The molecule has 2 aromatic rings. The molecule has 0 aliphatic rings. The molecule has 6 nitrogen and oxygen atoms in total. The van der Waals surface area contributed by atoms with Crippen LogP contribution in [0.1, 0.15) is 15.9 Å². The first-order valence-corrected chi connectivity index (χ1v) is 7.26. The predicted molar refractivity (Wildman–Crippen MR) is 72.7 cm³/mol. The smallest absolute Gasteiger partial charge is 0.261 e. The fourth-order valence-electron chi connectivity index (χ4n) is 1.66. The third-order valence-electron chi connectivity index (χ3n) is 2.67. The maximum absolute atomic E-state index is 12.2. The lowest BCUT2D eigenvalue weighted by molar-refractivity contribution is -0.255. The van der Waals surface area contributed by atoms with Gasteiger partial charge in [0.05, 0.1) is 22.1 Å². The molecule has 0 aliphatic carbocycles. The maximum Gasteiger partial charge on any atom is 0.261 e. The molecule has 0 saturated carbocycles. The first-order valence-electron chi connectivity index (χ1n) is 5.77. The lowest BCUT2D eigenvalue weighted by Gasteiger charge is -2.10. The van der Waals surface area contributed by atoms with E-state index in [2.05, 4.69) is 4.72 Å². The molecule has 0 heterocycles. The van der Waals surface area contributed by atoms with Gasteiger partial charge in [0.25, 0.3) is 10.0 Å². The molecule has 0 aromatic heterocycles. The molecule has 0 spiro atoms. The van der Waals surface area contributed by atoms with Crippen molar-refractivity contribution in [1.29, 1.82) is 5.26 Å². The average molecular weight is 301 g/mol. The number of carbonyl (C=O) groups excluding carboxylic acids is 1. The van der Waals surface area contributed by atoms with Crippen molar-refractivity contribution in [3.8, 4) is 6.07 Å². The lowest BCUT2D eigenvalue weighted by Crippen LogP contribution is -2.23. The number of benzene rings is 2. The molecule has 2 aromatic carbocycles. The molecular formula is C14H9N2O4S-. The number of nitriles is 1. The molecule has 2 rings (SSSR count). The fraction of sp³-hybridized carbons (Fsp3) is 0. The number of nitrogens with one attached hydrogen (secondary N) is 1. The average Bonchev–Trinajstić information content (AvgIpc) is 2.47. The SMILES string of the molecule is N#Cc1ccccc1NS(=O)(=O)c1cccc(C(=O)[O-])c1. The topological polar surface area (TPSA) is 110 Å². The van der Waals surface area contributed by atoms with E-state index in [9.17, 15) is 18.3 Å². The van der Waals surface area contributed by atoms with Gasteiger partial charge in [0.2, 0.25) is 0 Å². The molecule has 0 bridgehead atoms. The number of rotatable bonds is 4. The molecule has 0 aliphatic heterocycles. The first-order chi connectivity index (χ1) is 9.94. The number of hydrogen-bond acceptors (Lipinski definition) is 5. The van der Waals surface area contributed by atoms with Gasteiger partial charge in [-0.3, -0.25) is 4.72 Å². The van der Waals surface area contributed by atoms with Gasteiger partial charge in [-0.25, -0.2) is 8.42 Å². The Labute approximate surface area is 121 Å². The van der Waals surface area contributed by atoms with Gasteiger partial charge in [-0.05, 0) is 29.8 Å². The molecule has 7 heteroatoms. The van der Waals surface area contributed by atoms with Crippen LogP contribution in [0.3, 0.4) is 0 Å². The van der Waals surface area contributed by atoms with Crippen LogP contribution >= 0.6 is 0 Å². The minimum Gasteiger partial charge on any atom is -0.545 e. The van der Waals surface area contributed by atoms with Crippen LogP contribution in [-0.4, -0.2) is 14.4 Å². The summed E-state index contributed by atoms with van der Waals surface area (Å²) in [5, 5.41) is 19.7. The first kappa shape index (κ1) is 14.6. The highest BCUT2D eigenvalue weighted by molar-refractivity contribution is 7.92. The van der Waals surface area contributed by atoms with Crippen LogP contribution in [0.2, 0.25) is 0 Å². The van der Waals surface area contributed by atoms with Gasteiger partial charge in [0.1, 0.15) is 6.07 Å². The number of nitrogens with zero attached hydrogens (tertiary/aromatic N) is 1. The van der Waals surface area contributed by atoms with Crippen LogP contribution in [0.15, 0.2) is 53.4 Å². The predicted octanol–water partition coefficient (Wildman–Crippen LogP) is 0.723. The Morgan fingerprint density at radius 1 is 1.14 bits per heavy atom. The quantitative estimate of drug-likeness (QED) is 0.894. The molecule has 0 fully saturated rings. The summed E-state index contributed by atoms with van der Waals surface area (Å²) in [6.45, 7) is 0. The van der Waals surface area contributed by atoms with Crippen molar-refractivity contribution in [2.45, 2.75) is 4.90 Å². The zero-order chi connectivity index (χ0) is 15.5. The Morgan fingerprint density at radius 2 is 1.86 bits per heavy atom. The number of anilines is 1. The highest BCUT2D eigenvalue weighted by Gasteiger charge is 2.16. The number of carbonyl (C=O) groups is 1. The third-order valence-corrected chi connectivity index (χ3v) is 4.04. The molecule has 21 heavy (non-hydrogen) atoms. The molecule has 0 unspecified atom stereocenters. The summed E-state index contributed by atoms with van der Waals surface area (Å²) in [5.74, 6) is -1.47. The number of carboxylic acid groups (broad SMARTS) is 1. The normalized spacial score (nSPS) is 10.6. The molecule has 106 valence electrons. The molecular weight excluding hydrogens is 292 g/mol. The van der Waals surface area contributed by atoms with Gasteiger partial charge in [-0.1, -0.05) is 24.3 Å². The Morgan fingerprint density at radius 3 is 2.52 bits per heavy atom. The molecule has 0 atom stereocenters. The van der Waals surface area contributed by atoms with Crippen molar-refractivity contribution in [2.75, 3.05) is 4.72 Å². The summed E-state index contributed by atoms with van der Waals surface area (Å²) >= 11 is 0. The largest absolute Gasteiger partial charge is 0.545 e. The van der Waals surface area contributed by atoms with Crippen molar-refractivity contribution in [3.63, 3.8) is 0 Å². The summed E-state index contributed by atoms with van der Waals surface area (Å²) in [4.78, 5) is 10.5. The van der Waals surface area contributed by atoms with Gasteiger partial charge < -0.3 is 9.90 Å². The van der Waals surface area contributed by atoms with Crippen molar-refractivity contribution in [2.24, 2.45) is 0 Å². The minimum atomic E-state index is -3.99. The monoisotopic (exact) mass is 301 g/mol. The summed E-state index contributed by atoms with van der Waals surface area (Å²) < 4.78 is 26.7. The lowest BCUT2D eigenvalue weighted by atomic mass is 10.2. The number of para-hydroxylation sites is 1. The Kier molecular flexibility index (Phi) is 3.91. The van der Waals surface area contributed by atoms with E-state index in [4.69, 9.17) is 5.26 Å². The van der Waals surface area contributed by atoms with Crippen molar-refractivity contribution < 1.29 is 18.3 Å². The second-order valence-electron chi connectivity index (χ2n) is 4.08. The highest BCUT2D eigenvalue weighted by Crippen LogP contribution is 2.20. The fourth-order valence-corrected chi connectivity index (χ4v) is 2.79. The van der Waals surface area contributed by atoms with Crippen LogP contribution in [0.4, 0.5) is 5.69 Å². The van der Waals surface area contributed by atoms with Crippen LogP contribution in [0.25, 0.3) is 0 Å². The van der Waals surface area contributed by atoms with E-state index in [0.717, 1.165) is 6.07 Å². The second kappa shape index (κ2) is 5.64. The maximum atomic E-state index is 12.2. The zero-order valence-corrected chi connectivity index (χ0v) is 11.4. The Balaban J connectivity index is 2.42. The van der Waals surface area contributed by atoms with Gasteiger partial charge in [-0.15, -0.1) is 0 Å². The van der Waals surface area contributed by atoms with Gasteiger partial charge in [-0.2, -0.15) is 5.26 Å². The molecule has 1 N–H and O–H groups in total. The van der Waals surface area contributed by atoms with Crippen molar-refractivity contribution >= 4 is 21.7 Å². The summed E-state index contributed by atoms with van der Waals surface area (Å²) in [7, 11) is -3.99. The molecule has 0 amide bonds.